The van der Waals surface area contributed by atoms with Crippen molar-refractivity contribution in [2.75, 3.05) is 31.1 Å². The first-order valence-electron chi connectivity index (χ1n) is 8.52. The van der Waals surface area contributed by atoms with Gasteiger partial charge in [-0.25, -0.2) is 8.42 Å². The maximum Gasteiger partial charge on any atom is 0.341 e. The fourth-order valence-corrected chi connectivity index (χ4v) is 3.79. The highest BCUT2D eigenvalue weighted by molar-refractivity contribution is 7.91. The molecular weight excluding hydrogens is 374 g/mol. The molecule has 8 heteroatoms. The number of nitrogens with zero attached hydrogens (tertiary/aromatic N) is 2. The van der Waals surface area contributed by atoms with Crippen LogP contribution in [0.15, 0.2) is 53.4 Å². The third-order valence-corrected chi connectivity index (χ3v) is 6.00. The van der Waals surface area contributed by atoms with Gasteiger partial charge >= 0.3 is 5.76 Å². The molecule has 1 heterocycles. The van der Waals surface area contributed by atoms with Crippen molar-refractivity contribution in [3.8, 4) is 0 Å². The van der Waals surface area contributed by atoms with Crippen molar-refractivity contribution >= 4 is 21.4 Å². The molecule has 0 radical (unpaired) electrons. The Bertz CT molecular complexity index is 922. The topological polar surface area (TPSA) is 57.7 Å². The van der Waals surface area contributed by atoms with E-state index in [1.165, 1.54) is 17.7 Å². The minimum atomic E-state index is -4.65. The molecule has 0 unspecified atom stereocenters. The molecule has 1 aliphatic heterocycles. The van der Waals surface area contributed by atoms with Crippen LogP contribution in [0.3, 0.4) is 0 Å². The van der Waals surface area contributed by atoms with E-state index in [1.54, 1.807) is 4.90 Å². The molecule has 0 spiro atoms. The van der Waals surface area contributed by atoms with Gasteiger partial charge in [-0.1, -0.05) is 12.1 Å². The Labute approximate surface area is 157 Å². The first kappa shape index (κ1) is 19.3. The van der Waals surface area contributed by atoms with Crippen molar-refractivity contribution in [3.63, 3.8) is 0 Å². The molecule has 144 valence electrons. The number of rotatable bonds is 4. The molecule has 0 atom stereocenters. The number of alkyl halides is 2. The van der Waals surface area contributed by atoms with Gasteiger partial charge in [0.15, 0.2) is 0 Å². The van der Waals surface area contributed by atoms with Gasteiger partial charge in [0, 0.05) is 37.4 Å². The molecule has 2 aromatic rings. The molecule has 0 bridgehead atoms. The number of amides is 1. The lowest BCUT2D eigenvalue weighted by atomic mass is 10.1. The molecular formula is C19H20F2N2O3S. The minimum absolute atomic E-state index is 0.236. The second kappa shape index (κ2) is 7.64. The molecule has 0 N–H and O–H groups in total. The van der Waals surface area contributed by atoms with Crippen LogP contribution in [0.4, 0.5) is 14.5 Å². The lowest BCUT2D eigenvalue weighted by Gasteiger charge is -2.36. The van der Waals surface area contributed by atoms with E-state index in [2.05, 4.69) is 11.0 Å². The van der Waals surface area contributed by atoms with E-state index in [0.717, 1.165) is 17.8 Å². The third kappa shape index (κ3) is 4.10. The fourth-order valence-electron chi connectivity index (χ4n) is 3.07. The number of hydrogen-bond acceptors (Lipinski definition) is 4. The summed E-state index contributed by atoms with van der Waals surface area (Å²) in [5.41, 5.74) is 2.57. The average Bonchev–Trinajstić information content (AvgIpc) is 2.67. The summed E-state index contributed by atoms with van der Waals surface area (Å²) in [6.45, 7) is 4.47. The average molecular weight is 394 g/mol. The summed E-state index contributed by atoms with van der Waals surface area (Å²) in [6.07, 6.45) is 0. The van der Waals surface area contributed by atoms with Crippen LogP contribution in [0, 0.1) is 6.92 Å². The molecule has 1 saturated heterocycles. The molecule has 27 heavy (non-hydrogen) atoms. The quantitative estimate of drug-likeness (QED) is 0.800. The van der Waals surface area contributed by atoms with Crippen molar-refractivity contribution in [3.05, 3.63) is 59.7 Å². The van der Waals surface area contributed by atoms with E-state index in [1.807, 2.05) is 25.1 Å². The van der Waals surface area contributed by atoms with Crippen molar-refractivity contribution in [1.82, 2.24) is 4.90 Å². The summed E-state index contributed by atoms with van der Waals surface area (Å²) < 4.78 is 48.1. The first-order chi connectivity index (χ1) is 12.8. The van der Waals surface area contributed by atoms with E-state index in [0.29, 0.717) is 26.2 Å². The SMILES string of the molecule is Cc1cccc(N2CCN(C(=O)c3ccc(S(=O)(=O)C(F)F)cc3)CC2)c1. The first-order valence-corrected chi connectivity index (χ1v) is 10.1. The van der Waals surface area contributed by atoms with E-state index < -0.39 is 20.5 Å². The zero-order valence-corrected chi connectivity index (χ0v) is 15.6. The Morgan fingerprint density at radius 3 is 2.19 bits per heavy atom. The number of benzene rings is 2. The summed E-state index contributed by atoms with van der Waals surface area (Å²) in [5, 5.41) is 0. The van der Waals surface area contributed by atoms with Gasteiger partial charge in [0.25, 0.3) is 5.91 Å². The van der Waals surface area contributed by atoms with Gasteiger partial charge < -0.3 is 9.80 Å². The summed E-state index contributed by atoms with van der Waals surface area (Å²) in [5.74, 6) is -3.71. The molecule has 1 amide bonds. The van der Waals surface area contributed by atoms with Crippen LogP contribution < -0.4 is 4.90 Å². The van der Waals surface area contributed by atoms with E-state index in [9.17, 15) is 22.0 Å². The van der Waals surface area contributed by atoms with Gasteiger partial charge in [0.05, 0.1) is 4.90 Å². The zero-order valence-electron chi connectivity index (χ0n) is 14.8. The van der Waals surface area contributed by atoms with Crippen LogP contribution in [0.5, 0.6) is 0 Å². The third-order valence-electron chi connectivity index (χ3n) is 4.60. The molecule has 2 aromatic carbocycles. The fraction of sp³-hybridized carbons (Fsp3) is 0.316. The van der Waals surface area contributed by atoms with Gasteiger partial charge in [-0.3, -0.25) is 4.79 Å². The van der Waals surface area contributed by atoms with Crippen LogP contribution in [0.25, 0.3) is 0 Å². The Hall–Kier alpha value is -2.48. The molecule has 5 nitrogen and oxygen atoms in total. The van der Waals surface area contributed by atoms with Crippen LogP contribution in [0.2, 0.25) is 0 Å². The lowest BCUT2D eigenvalue weighted by molar-refractivity contribution is 0.0746. The van der Waals surface area contributed by atoms with E-state index in [4.69, 9.17) is 0 Å². The second-order valence-electron chi connectivity index (χ2n) is 6.45. The number of hydrogen-bond donors (Lipinski definition) is 0. The highest BCUT2D eigenvalue weighted by Gasteiger charge is 2.27. The molecule has 0 aliphatic carbocycles. The largest absolute Gasteiger partial charge is 0.368 e. The van der Waals surface area contributed by atoms with Gasteiger partial charge in [-0.2, -0.15) is 8.78 Å². The highest BCUT2D eigenvalue weighted by atomic mass is 32.2. The van der Waals surface area contributed by atoms with E-state index in [-0.39, 0.29) is 11.5 Å². The number of aryl methyl sites for hydroxylation is 1. The molecule has 0 aromatic heterocycles. The predicted octanol–water partition coefficient (Wildman–Crippen LogP) is 2.95. The predicted molar refractivity (Wildman–Crippen MR) is 98.9 cm³/mol. The van der Waals surface area contributed by atoms with Crippen LogP contribution in [-0.2, 0) is 9.84 Å². The molecule has 0 saturated carbocycles. The Morgan fingerprint density at radius 2 is 1.63 bits per heavy atom. The number of carbonyl (C=O) groups is 1. The highest BCUT2D eigenvalue weighted by Crippen LogP contribution is 2.21. The smallest absolute Gasteiger partial charge is 0.341 e. The monoisotopic (exact) mass is 394 g/mol. The molecule has 3 rings (SSSR count). The Balaban J connectivity index is 1.66. The molecule has 1 aliphatic rings. The normalized spacial score (nSPS) is 15.3. The Kier molecular flexibility index (Phi) is 5.46. The van der Waals surface area contributed by atoms with Gasteiger partial charge in [0.1, 0.15) is 0 Å². The minimum Gasteiger partial charge on any atom is -0.368 e. The summed E-state index contributed by atoms with van der Waals surface area (Å²) >= 11 is 0. The summed E-state index contributed by atoms with van der Waals surface area (Å²) in [4.78, 5) is 16.0. The standard InChI is InChI=1S/C19H20F2N2O3S/c1-14-3-2-4-16(13-14)22-9-11-23(12-10-22)18(24)15-5-7-17(8-6-15)27(25,26)19(20)21/h2-8,13,19H,9-12H2,1H3. The van der Waals surface area contributed by atoms with Crippen LogP contribution >= 0.6 is 0 Å². The van der Waals surface area contributed by atoms with Gasteiger partial charge in [-0.05, 0) is 48.9 Å². The zero-order chi connectivity index (χ0) is 19.6. The van der Waals surface area contributed by atoms with Crippen molar-refractivity contribution in [2.45, 2.75) is 17.6 Å². The number of anilines is 1. The number of carbonyl (C=O) groups excluding carboxylic acids is 1. The van der Waals surface area contributed by atoms with Gasteiger partial charge in [-0.15, -0.1) is 0 Å². The second-order valence-corrected chi connectivity index (χ2v) is 8.37. The van der Waals surface area contributed by atoms with Crippen molar-refractivity contribution in [1.29, 1.82) is 0 Å². The maximum absolute atomic E-state index is 12.6. The number of sulfone groups is 1. The number of halogens is 2. The lowest BCUT2D eigenvalue weighted by Crippen LogP contribution is -2.48. The maximum atomic E-state index is 12.6. The van der Waals surface area contributed by atoms with Gasteiger partial charge in [0.2, 0.25) is 9.84 Å². The number of piperazine rings is 1. The Morgan fingerprint density at radius 1 is 1.00 bits per heavy atom. The molecule has 1 fully saturated rings. The van der Waals surface area contributed by atoms with Crippen LogP contribution in [0.1, 0.15) is 15.9 Å². The summed E-state index contributed by atoms with van der Waals surface area (Å²) in [6, 6.07) is 12.8. The van der Waals surface area contributed by atoms with Crippen molar-refractivity contribution < 1.29 is 22.0 Å². The van der Waals surface area contributed by atoms with Crippen molar-refractivity contribution in [2.24, 2.45) is 0 Å². The van der Waals surface area contributed by atoms with Crippen LogP contribution in [-0.4, -0.2) is 51.2 Å². The summed E-state index contributed by atoms with van der Waals surface area (Å²) in [7, 11) is -4.65. The van der Waals surface area contributed by atoms with E-state index >= 15 is 0 Å².